The highest BCUT2D eigenvalue weighted by atomic mass is 16.6. The minimum atomic E-state index is -0.907. The molecule has 0 saturated heterocycles. The predicted molar refractivity (Wildman–Crippen MR) is 151 cm³/mol. The summed E-state index contributed by atoms with van der Waals surface area (Å²) in [5.74, 6) is 1.98. The van der Waals surface area contributed by atoms with Gasteiger partial charge in [0, 0.05) is 18.2 Å². The number of carbonyl (C=O) groups excluding carboxylic acids is 3. The number of nitrogens with zero attached hydrogens (tertiary/aromatic N) is 1. The normalized spacial score (nSPS) is 16.4. The van der Waals surface area contributed by atoms with Crippen molar-refractivity contribution in [3.8, 4) is 12.3 Å². The number of ether oxygens (including phenoxy) is 1. The first kappa shape index (κ1) is 31.2. The fourth-order valence-electron chi connectivity index (χ4n) is 4.84. The van der Waals surface area contributed by atoms with Crippen molar-refractivity contribution in [1.29, 1.82) is 0 Å². The van der Waals surface area contributed by atoms with Crippen LogP contribution in [0, 0.1) is 18.3 Å². The van der Waals surface area contributed by atoms with E-state index in [0.717, 1.165) is 32.1 Å². The molecule has 0 aliphatic heterocycles. The Kier molecular flexibility index (Phi) is 12.2. The summed E-state index contributed by atoms with van der Waals surface area (Å²) in [5, 5.41) is 6.03. The number of hydrogen-bond acceptors (Lipinski definition) is 4. The number of amides is 3. The third-order valence-corrected chi connectivity index (χ3v) is 7.11. The predicted octanol–water partition coefficient (Wildman–Crippen LogP) is 5.73. The van der Waals surface area contributed by atoms with Crippen molar-refractivity contribution in [1.82, 2.24) is 15.5 Å². The molecular weight excluding hydrogens is 478 g/mol. The Balaban J connectivity index is 2.53. The van der Waals surface area contributed by atoms with Crippen LogP contribution in [0.5, 0.6) is 0 Å². The lowest BCUT2D eigenvalue weighted by Gasteiger charge is -2.37. The molecular formula is C31H47N3O4. The summed E-state index contributed by atoms with van der Waals surface area (Å²) >= 11 is 0. The lowest BCUT2D eigenvalue weighted by molar-refractivity contribution is -0.144. The molecule has 3 unspecified atom stereocenters. The topological polar surface area (TPSA) is 87.7 Å². The van der Waals surface area contributed by atoms with Gasteiger partial charge in [-0.2, -0.15) is 0 Å². The van der Waals surface area contributed by atoms with Crippen LogP contribution >= 0.6 is 0 Å². The van der Waals surface area contributed by atoms with E-state index in [0.29, 0.717) is 30.5 Å². The zero-order valence-corrected chi connectivity index (χ0v) is 24.1. The minimum Gasteiger partial charge on any atom is -0.444 e. The molecule has 2 rings (SSSR count). The Labute approximate surface area is 229 Å². The van der Waals surface area contributed by atoms with Crippen molar-refractivity contribution >= 4 is 17.9 Å². The first-order valence-electron chi connectivity index (χ1n) is 14.2. The standard InChI is InChI=1S/C31H47N3O4/c1-8-11-21-34(29(36)26(22(4)9-2)33-30(37)38-31(5,6)7)27(25-20-16-15-17-23(25)10-3)28(35)32-24-18-13-12-14-19-24/h3,15-17,20,22,24,26-27H,8-9,11-14,18-19,21H2,1-2,4-7H3,(H,32,35)(H,33,37). The Morgan fingerprint density at radius 3 is 2.37 bits per heavy atom. The Morgan fingerprint density at radius 1 is 1.13 bits per heavy atom. The van der Waals surface area contributed by atoms with Crippen LogP contribution in [0.4, 0.5) is 4.79 Å². The van der Waals surface area contributed by atoms with Gasteiger partial charge in [0.05, 0.1) is 0 Å². The largest absolute Gasteiger partial charge is 0.444 e. The molecule has 0 spiro atoms. The van der Waals surface area contributed by atoms with Crippen molar-refractivity contribution in [2.75, 3.05) is 6.54 Å². The highest BCUT2D eigenvalue weighted by molar-refractivity contribution is 5.92. The Hall–Kier alpha value is -3.01. The lowest BCUT2D eigenvalue weighted by Crippen LogP contribution is -2.56. The molecule has 0 aromatic heterocycles. The number of alkyl carbamates (subject to hydrolysis) is 1. The molecule has 3 amide bonds. The number of carbonyl (C=O) groups is 3. The number of benzene rings is 1. The number of hydrogen-bond donors (Lipinski definition) is 2. The van der Waals surface area contributed by atoms with Gasteiger partial charge in [0.25, 0.3) is 0 Å². The van der Waals surface area contributed by atoms with Crippen LogP contribution in [0.3, 0.4) is 0 Å². The average Bonchev–Trinajstić information content (AvgIpc) is 2.88. The summed E-state index contributed by atoms with van der Waals surface area (Å²) in [6, 6.07) is 5.61. The summed E-state index contributed by atoms with van der Waals surface area (Å²) in [7, 11) is 0. The molecule has 1 saturated carbocycles. The van der Waals surface area contributed by atoms with E-state index < -0.39 is 23.8 Å². The lowest BCUT2D eigenvalue weighted by atomic mass is 9.92. The number of rotatable bonds is 11. The Bertz CT molecular complexity index is 972. The van der Waals surface area contributed by atoms with E-state index in [-0.39, 0.29) is 23.8 Å². The fraction of sp³-hybridized carbons (Fsp3) is 0.645. The van der Waals surface area contributed by atoms with Crippen LogP contribution in [0.25, 0.3) is 0 Å². The zero-order chi connectivity index (χ0) is 28.3. The summed E-state index contributed by atoms with van der Waals surface area (Å²) < 4.78 is 5.48. The molecule has 0 heterocycles. The van der Waals surface area contributed by atoms with E-state index in [1.54, 1.807) is 31.7 Å². The van der Waals surface area contributed by atoms with Crippen LogP contribution in [0.2, 0.25) is 0 Å². The third kappa shape index (κ3) is 9.08. The van der Waals surface area contributed by atoms with Crippen LogP contribution in [-0.4, -0.2) is 47.0 Å². The molecule has 0 bridgehead atoms. The monoisotopic (exact) mass is 525 g/mol. The molecule has 0 radical (unpaired) electrons. The smallest absolute Gasteiger partial charge is 0.408 e. The zero-order valence-electron chi connectivity index (χ0n) is 24.1. The van der Waals surface area contributed by atoms with E-state index in [9.17, 15) is 14.4 Å². The van der Waals surface area contributed by atoms with E-state index in [4.69, 9.17) is 11.2 Å². The summed E-state index contributed by atoms with van der Waals surface area (Å²) in [5.41, 5.74) is 0.488. The van der Waals surface area contributed by atoms with Gasteiger partial charge in [-0.25, -0.2) is 4.79 Å². The minimum absolute atomic E-state index is 0.0742. The van der Waals surface area contributed by atoms with Crippen LogP contribution in [0.15, 0.2) is 24.3 Å². The van der Waals surface area contributed by atoms with Crippen LogP contribution in [-0.2, 0) is 14.3 Å². The van der Waals surface area contributed by atoms with Gasteiger partial charge in [0.1, 0.15) is 17.7 Å². The van der Waals surface area contributed by atoms with Crippen LogP contribution < -0.4 is 10.6 Å². The van der Waals surface area contributed by atoms with Crippen molar-refractivity contribution in [2.45, 2.75) is 117 Å². The van der Waals surface area contributed by atoms with Gasteiger partial charge >= 0.3 is 6.09 Å². The maximum atomic E-state index is 14.3. The second kappa shape index (κ2) is 14.8. The number of terminal acetylenes is 1. The van der Waals surface area contributed by atoms with Gasteiger partial charge in [0.15, 0.2) is 0 Å². The van der Waals surface area contributed by atoms with Gasteiger partial charge < -0.3 is 20.3 Å². The van der Waals surface area contributed by atoms with Gasteiger partial charge in [-0.3, -0.25) is 9.59 Å². The molecule has 7 nitrogen and oxygen atoms in total. The van der Waals surface area contributed by atoms with Crippen molar-refractivity contribution in [2.24, 2.45) is 5.92 Å². The van der Waals surface area contributed by atoms with Crippen molar-refractivity contribution < 1.29 is 19.1 Å². The SMILES string of the molecule is C#Cc1ccccc1C(C(=O)NC1CCCCC1)N(CCCC)C(=O)C(NC(=O)OC(C)(C)C)C(C)CC. The summed E-state index contributed by atoms with van der Waals surface area (Å²) in [4.78, 5) is 42.6. The average molecular weight is 526 g/mol. The molecule has 38 heavy (non-hydrogen) atoms. The first-order chi connectivity index (χ1) is 18.0. The first-order valence-corrected chi connectivity index (χ1v) is 14.2. The molecule has 2 N–H and O–H groups in total. The second-order valence-electron chi connectivity index (χ2n) is 11.4. The van der Waals surface area contributed by atoms with Crippen molar-refractivity contribution in [3.63, 3.8) is 0 Å². The quantitative estimate of drug-likeness (QED) is 0.362. The van der Waals surface area contributed by atoms with E-state index >= 15 is 0 Å². The van der Waals surface area contributed by atoms with E-state index in [2.05, 4.69) is 16.6 Å². The summed E-state index contributed by atoms with van der Waals surface area (Å²) in [6.07, 6.45) is 12.6. The molecule has 1 aromatic carbocycles. The maximum Gasteiger partial charge on any atom is 0.408 e. The highest BCUT2D eigenvalue weighted by Gasteiger charge is 2.39. The number of unbranched alkanes of at least 4 members (excludes halogenated alkanes) is 1. The van der Waals surface area contributed by atoms with E-state index in [1.165, 1.54) is 6.42 Å². The molecule has 7 heteroatoms. The molecule has 1 fully saturated rings. The number of nitrogens with one attached hydrogen (secondary N) is 2. The molecule has 1 aliphatic carbocycles. The third-order valence-electron chi connectivity index (χ3n) is 7.11. The Morgan fingerprint density at radius 2 is 1.79 bits per heavy atom. The molecule has 3 atom stereocenters. The van der Waals surface area contributed by atoms with Gasteiger partial charge in [0.2, 0.25) is 11.8 Å². The van der Waals surface area contributed by atoms with Gasteiger partial charge in [-0.15, -0.1) is 6.42 Å². The molecule has 210 valence electrons. The van der Waals surface area contributed by atoms with Gasteiger partial charge in [-0.05, 0) is 57.6 Å². The maximum absolute atomic E-state index is 14.3. The second-order valence-corrected chi connectivity index (χ2v) is 11.4. The molecule has 1 aromatic rings. The fourth-order valence-corrected chi connectivity index (χ4v) is 4.84. The van der Waals surface area contributed by atoms with Crippen LogP contribution in [0.1, 0.15) is 110 Å². The van der Waals surface area contributed by atoms with Gasteiger partial charge in [-0.1, -0.05) is 77.0 Å². The highest BCUT2D eigenvalue weighted by Crippen LogP contribution is 2.28. The molecule has 1 aliphatic rings. The van der Waals surface area contributed by atoms with E-state index in [1.807, 2.05) is 39.0 Å². The summed E-state index contributed by atoms with van der Waals surface area (Å²) in [6.45, 7) is 11.6. The van der Waals surface area contributed by atoms with Crippen molar-refractivity contribution in [3.05, 3.63) is 35.4 Å².